The van der Waals surface area contributed by atoms with Crippen molar-refractivity contribution >= 4 is 39.8 Å². The number of nitrogens with one attached hydrogen (secondary N) is 1. The van der Waals surface area contributed by atoms with Crippen molar-refractivity contribution in [3.8, 4) is 11.5 Å². The predicted octanol–water partition coefficient (Wildman–Crippen LogP) is 3.91. The molecular weight excluding hydrogens is 366 g/mol. The summed E-state index contributed by atoms with van der Waals surface area (Å²) >= 11 is 7.32. The minimum Gasteiger partial charge on any atom is -0.486 e. The van der Waals surface area contributed by atoms with Crippen molar-refractivity contribution in [2.75, 3.05) is 25.1 Å². The Balaban J connectivity index is 1.80. The van der Waals surface area contributed by atoms with Gasteiger partial charge in [0.15, 0.2) is 11.5 Å². The average molecular weight is 382 g/mol. The summed E-state index contributed by atoms with van der Waals surface area (Å²) in [5, 5.41) is 3.64. The van der Waals surface area contributed by atoms with E-state index in [0.29, 0.717) is 51.8 Å². The standard InChI is InChI=1S/C17H16ClNO5S/c1-3-22-17(21)15-9(2)6-13(25-15)19-16(20)10-7-11(18)14-12(8-10)23-4-5-24-14/h6-8H,3-5H2,1-2H3,(H,19,20). The molecular formula is C17H16ClNO5S. The lowest BCUT2D eigenvalue weighted by Crippen LogP contribution is -2.17. The maximum Gasteiger partial charge on any atom is 0.348 e. The molecule has 0 bridgehead atoms. The third-order valence-electron chi connectivity index (χ3n) is 3.47. The van der Waals surface area contributed by atoms with Crippen LogP contribution in [0.3, 0.4) is 0 Å². The van der Waals surface area contributed by atoms with Gasteiger partial charge in [0.25, 0.3) is 5.91 Å². The van der Waals surface area contributed by atoms with Crippen molar-refractivity contribution in [3.63, 3.8) is 0 Å². The summed E-state index contributed by atoms with van der Waals surface area (Å²) in [4.78, 5) is 24.8. The summed E-state index contributed by atoms with van der Waals surface area (Å²) < 4.78 is 15.9. The molecule has 3 rings (SSSR count). The Hall–Kier alpha value is -2.25. The number of anilines is 1. The zero-order valence-electron chi connectivity index (χ0n) is 13.7. The SMILES string of the molecule is CCOC(=O)c1sc(NC(=O)c2cc(Cl)c3c(c2)OCCO3)cc1C. The molecule has 1 aromatic heterocycles. The second kappa shape index (κ2) is 7.33. The number of thiophene rings is 1. The summed E-state index contributed by atoms with van der Waals surface area (Å²) in [7, 11) is 0. The van der Waals surface area contributed by atoms with Crippen LogP contribution in [0.25, 0.3) is 0 Å². The van der Waals surface area contributed by atoms with Gasteiger partial charge in [-0.2, -0.15) is 0 Å². The Kier molecular flexibility index (Phi) is 5.15. The first-order valence-corrected chi connectivity index (χ1v) is 8.87. The first kappa shape index (κ1) is 17.6. The van der Waals surface area contributed by atoms with Gasteiger partial charge in [0.05, 0.1) is 16.6 Å². The van der Waals surface area contributed by atoms with Gasteiger partial charge in [-0.25, -0.2) is 4.79 Å². The molecule has 132 valence electrons. The van der Waals surface area contributed by atoms with Crippen LogP contribution in [0.15, 0.2) is 18.2 Å². The highest BCUT2D eigenvalue weighted by Gasteiger charge is 2.21. The Morgan fingerprint density at radius 1 is 1.28 bits per heavy atom. The summed E-state index contributed by atoms with van der Waals surface area (Å²) in [5.74, 6) is 0.142. The minimum atomic E-state index is -0.395. The van der Waals surface area contributed by atoms with E-state index in [1.54, 1.807) is 26.0 Å². The molecule has 0 aliphatic carbocycles. The molecule has 2 aromatic rings. The zero-order chi connectivity index (χ0) is 18.0. The van der Waals surface area contributed by atoms with Gasteiger partial charge in [-0.1, -0.05) is 11.6 Å². The number of benzene rings is 1. The summed E-state index contributed by atoms with van der Waals surface area (Å²) in [6.07, 6.45) is 0. The van der Waals surface area contributed by atoms with E-state index in [4.69, 9.17) is 25.8 Å². The van der Waals surface area contributed by atoms with Crippen molar-refractivity contribution < 1.29 is 23.8 Å². The fourth-order valence-corrected chi connectivity index (χ4v) is 3.60. The van der Waals surface area contributed by atoms with Crippen molar-refractivity contribution in [1.29, 1.82) is 0 Å². The first-order valence-electron chi connectivity index (χ1n) is 7.67. The molecule has 1 aromatic carbocycles. The highest BCUT2D eigenvalue weighted by molar-refractivity contribution is 7.18. The van der Waals surface area contributed by atoms with E-state index in [1.165, 1.54) is 17.4 Å². The number of halogens is 1. The molecule has 1 N–H and O–H groups in total. The number of aryl methyl sites for hydroxylation is 1. The van der Waals surface area contributed by atoms with Crippen LogP contribution in [0.2, 0.25) is 5.02 Å². The smallest absolute Gasteiger partial charge is 0.348 e. The van der Waals surface area contributed by atoms with E-state index in [0.717, 1.165) is 5.56 Å². The van der Waals surface area contributed by atoms with Crippen LogP contribution >= 0.6 is 22.9 Å². The monoisotopic (exact) mass is 381 g/mol. The molecule has 0 spiro atoms. The second-order valence-corrected chi connectivity index (χ2v) is 6.74. The number of fused-ring (bicyclic) bond motifs is 1. The predicted molar refractivity (Wildman–Crippen MR) is 95.4 cm³/mol. The molecule has 0 atom stereocenters. The molecule has 1 aliphatic heterocycles. The molecule has 6 nitrogen and oxygen atoms in total. The number of esters is 1. The van der Waals surface area contributed by atoms with Crippen molar-refractivity contribution in [2.45, 2.75) is 13.8 Å². The minimum absolute atomic E-state index is 0.299. The molecule has 0 unspecified atom stereocenters. The third kappa shape index (κ3) is 3.72. The van der Waals surface area contributed by atoms with E-state index in [9.17, 15) is 9.59 Å². The molecule has 25 heavy (non-hydrogen) atoms. The summed E-state index contributed by atoms with van der Waals surface area (Å²) in [6, 6.07) is 4.84. The Morgan fingerprint density at radius 3 is 2.80 bits per heavy atom. The second-order valence-electron chi connectivity index (χ2n) is 5.28. The van der Waals surface area contributed by atoms with Crippen LogP contribution in [-0.2, 0) is 4.74 Å². The molecule has 1 amide bonds. The molecule has 0 fully saturated rings. The van der Waals surface area contributed by atoms with E-state index < -0.39 is 5.97 Å². The van der Waals surface area contributed by atoms with Gasteiger partial charge in [-0.15, -0.1) is 11.3 Å². The molecule has 8 heteroatoms. The number of rotatable bonds is 4. The summed E-state index contributed by atoms with van der Waals surface area (Å²) in [5.41, 5.74) is 1.09. The van der Waals surface area contributed by atoms with Gasteiger partial charge < -0.3 is 19.5 Å². The number of carbonyl (C=O) groups is 2. The molecule has 0 radical (unpaired) electrons. The quantitative estimate of drug-likeness (QED) is 0.813. The van der Waals surface area contributed by atoms with Gasteiger partial charge in [-0.05, 0) is 37.6 Å². The van der Waals surface area contributed by atoms with Gasteiger partial charge in [-0.3, -0.25) is 4.79 Å². The number of ether oxygens (including phenoxy) is 3. The lowest BCUT2D eigenvalue weighted by atomic mass is 10.2. The van der Waals surface area contributed by atoms with E-state index in [1.807, 2.05) is 0 Å². The lowest BCUT2D eigenvalue weighted by molar-refractivity contribution is 0.0531. The first-order chi connectivity index (χ1) is 12.0. The third-order valence-corrected chi connectivity index (χ3v) is 4.89. The molecule has 2 heterocycles. The van der Waals surface area contributed by atoms with E-state index in [2.05, 4.69) is 5.32 Å². The fraction of sp³-hybridized carbons (Fsp3) is 0.294. The van der Waals surface area contributed by atoms with Gasteiger partial charge in [0, 0.05) is 5.56 Å². The van der Waals surface area contributed by atoms with E-state index in [-0.39, 0.29) is 5.91 Å². The molecule has 0 saturated heterocycles. The topological polar surface area (TPSA) is 73.9 Å². The normalized spacial score (nSPS) is 12.6. The highest BCUT2D eigenvalue weighted by atomic mass is 35.5. The van der Waals surface area contributed by atoms with Crippen LogP contribution in [-0.4, -0.2) is 31.7 Å². The van der Waals surface area contributed by atoms with Crippen LogP contribution in [0.1, 0.15) is 32.5 Å². The van der Waals surface area contributed by atoms with E-state index >= 15 is 0 Å². The van der Waals surface area contributed by atoms with Crippen molar-refractivity contribution in [1.82, 2.24) is 0 Å². The highest BCUT2D eigenvalue weighted by Crippen LogP contribution is 2.38. The van der Waals surface area contributed by atoms with Crippen molar-refractivity contribution in [2.24, 2.45) is 0 Å². The average Bonchev–Trinajstić information content (AvgIpc) is 2.95. The van der Waals surface area contributed by atoms with Crippen LogP contribution in [0, 0.1) is 6.92 Å². The number of amides is 1. The number of hydrogen-bond donors (Lipinski definition) is 1. The Morgan fingerprint density at radius 2 is 2.04 bits per heavy atom. The molecule has 1 aliphatic rings. The molecule has 0 saturated carbocycles. The lowest BCUT2D eigenvalue weighted by Gasteiger charge is -2.20. The Labute approximate surface area is 153 Å². The van der Waals surface area contributed by atoms with Gasteiger partial charge >= 0.3 is 5.97 Å². The largest absolute Gasteiger partial charge is 0.486 e. The number of carbonyl (C=O) groups excluding carboxylic acids is 2. The maximum atomic E-state index is 12.5. The zero-order valence-corrected chi connectivity index (χ0v) is 15.3. The maximum absolute atomic E-state index is 12.5. The van der Waals surface area contributed by atoms with Crippen LogP contribution < -0.4 is 14.8 Å². The van der Waals surface area contributed by atoms with Gasteiger partial charge in [0.1, 0.15) is 18.1 Å². The van der Waals surface area contributed by atoms with Crippen LogP contribution in [0.5, 0.6) is 11.5 Å². The fourth-order valence-electron chi connectivity index (χ4n) is 2.37. The van der Waals surface area contributed by atoms with Crippen LogP contribution in [0.4, 0.5) is 5.00 Å². The van der Waals surface area contributed by atoms with Gasteiger partial charge in [0.2, 0.25) is 0 Å². The Bertz CT molecular complexity index is 833. The number of hydrogen-bond acceptors (Lipinski definition) is 6. The summed E-state index contributed by atoms with van der Waals surface area (Å²) in [6.45, 7) is 4.66. The van der Waals surface area contributed by atoms with Crippen molar-refractivity contribution in [3.05, 3.63) is 39.2 Å².